The number of hydrogen-bond donors (Lipinski definition) is 1. The van der Waals surface area contributed by atoms with Crippen LogP contribution in [-0.2, 0) is 19.0 Å². The third-order valence-electron chi connectivity index (χ3n) is 7.27. The molecule has 6 unspecified atom stereocenters. The predicted molar refractivity (Wildman–Crippen MR) is 141 cm³/mol. The average molecular weight is 502 g/mol. The van der Waals surface area contributed by atoms with Gasteiger partial charge in [0.15, 0.2) is 0 Å². The second kappa shape index (κ2) is 12.9. The lowest BCUT2D eigenvalue weighted by Gasteiger charge is -2.44. The molecule has 1 aliphatic heterocycles. The Morgan fingerprint density at radius 2 is 1.97 bits per heavy atom. The zero-order chi connectivity index (χ0) is 26.3. The highest BCUT2D eigenvalue weighted by molar-refractivity contribution is 5.87. The van der Waals surface area contributed by atoms with Gasteiger partial charge in [-0.1, -0.05) is 30.7 Å². The van der Waals surface area contributed by atoms with Crippen molar-refractivity contribution in [1.82, 2.24) is 4.90 Å². The van der Waals surface area contributed by atoms with Gasteiger partial charge in [0, 0.05) is 25.6 Å². The Labute approximate surface area is 216 Å². The zero-order valence-corrected chi connectivity index (χ0v) is 22.6. The minimum atomic E-state index is -0.521. The summed E-state index contributed by atoms with van der Waals surface area (Å²) in [6, 6.07) is 7.61. The van der Waals surface area contributed by atoms with Crippen molar-refractivity contribution in [3.05, 3.63) is 47.6 Å². The lowest BCUT2D eigenvalue weighted by Crippen LogP contribution is -2.54. The van der Waals surface area contributed by atoms with E-state index in [4.69, 9.17) is 18.9 Å². The molecule has 1 saturated carbocycles. The molecule has 0 bridgehead atoms. The third kappa shape index (κ3) is 7.65. The number of allylic oxidation sites excluding steroid dienone is 1. The van der Waals surface area contributed by atoms with Gasteiger partial charge in [-0.05, 0) is 76.9 Å². The van der Waals surface area contributed by atoms with Gasteiger partial charge in [0.1, 0.15) is 24.6 Å². The molecule has 1 aromatic rings. The van der Waals surface area contributed by atoms with Gasteiger partial charge in [0.25, 0.3) is 0 Å². The van der Waals surface area contributed by atoms with E-state index in [-0.39, 0.29) is 23.5 Å². The summed E-state index contributed by atoms with van der Waals surface area (Å²) in [7, 11) is 5.66. The largest absolute Gasteiger partial charge is 0.492 e. The minimum Gasteiger partial charge on any atom is -0.492 e. The van der Waals surface area contributed by atoms with Gasteiger partial charge < -0.3 is 29.0 Å². The Morgan fingerprint density at radius 3 is 2.56 bits per heavy atom. The highest BCUT2D eigenvalue weighted by Crippen LogP contribution is 2.51. The van der Waals surface area contributed by atoms with Crippen LogP contribution in [0.3, 0.4) is 0 Å². The molecule has 7 heteroatoms. The van der Waals surface area contributed by atoms with Crippen LogP contribution in [-0.4, -0.2) is 80.9 Å². The molecule has 1 spiro atoms. The molecule has 1 saturated heterocycles. The molecule has 1 heterocycles. The van der Waals surface area contributed by atoms with E-state index >= 15 is 0 Å². The van der Waals surface area contributed by atoms with Crippen molar-refractivity contribution in [2.75, 3.05) is 41.0 Å². The van der Waals surface area contributed by atoms with Gasteiger partial charge >= 0.3 is 5.97 Å². The molecule has 6 atom stereocenters. The van der Waals surface area contributed by atoms with Gasteiger partial charge in [-0.3, -0.25) is 0 Å². The molecule has 1 N–H and O–H groups in total. The number of esters is 1. The standard InChI is InChI=1S/C29H43NO6/c1-20(2)7-13-24(31)21(3)27-28(33-6)25(15-16-29(27)19-35-29)36-26(32)14-10-22-8-11-23(12-9-22)34-18-17-30(4)5/h7-12,14,21,24-25,27-28,31H,13,15-19H2,1-6H3. The highest BCUT2D eigenvalue weighted by atomic mass is 16.6. The van der Waals surface area contributed by atoms with Crippen LogP contribution in [0.5, 0.6) is 5.75 Å². The van der Waals surface area contributed by atoms with Gasteiger partial charge in [0.2, 0.25) is 0 Å². The van der Waals surface area contributed by atoms with Crippen molar-refractivity contribution in [3.63, 3.8) is 0 Å². The van der Waals surface area contributed by atoms with Crippen LogP contribution < -0.4 is 4.74 Å². The monoisotopic (exact) mass is 501 g/mol. The Morgan fingerprint density at radius 1 is 1.28 bits per heavy atom. The van der Waals surface area contributed by atoms with Crippen molar-refractivity contribution in [3.8, 4) is 5.75 Å². The Hall–Kier alpha value is -2.19. The van der Waals surface area contributed by atoms with Gasteiger partial charge in [0.05, 0.1) is 18.3 Å². The molecule has 2 fully saturated rings. The van der Waals surface area contributed by atoms with Gasteiger partial charge in [-0.25, -0.2) is 4.79 Å². The molecule has 3 rings (SSSR count). The van der Waals surface area contributed by atoms with Crippen LogP contribution in [0.25, 0.3) is 6.08 Å². The Balaban J connectivity index is 1.60. The summed E-state index contributed by atoms with van der Waals surface area (Å²) in [6.07, 6.45) is 6.04. The number of methoxy groups -OCH3 is 1. The molecule has 7 nitrogen and oxygen atoms in total. The number of epoxide rings is 1. The van der Waals surface area contributed by atoms with Crippen molar-refractivity contribution in [2.45, 2.75) is 63.9 Å². The maximum atomic E-state index is 12.7. The van der Waals surface area contributed by atoms with E-state index in [2.05, 4.69) is 11.0 Å². The summed E-state index contributed by atoms with van der Waals surface area (Å²) < 4.78 is 23.4. The molecule has 0 amide bonds. The summed E-state index contributed by atoms with van der Waals surface area (Å²) >= 11 is 0. The molecular formula is C29H43NO6. The number of aliphatic hydroxyl groups excluding tert-OH is 1. The van der Waals surface area contributed by atoms with E-state index in [1.807, 2.05) is 59.1 Å². The first-order valence-corrected chi connectivity index (χ1v) is 12.9. The second-order valence-electron chi connectivity index (χ2n) is 10.6. The first-order valence-electron chi connectivity index (χ1n) is 12.9. The molecule has 200 valence electrons. The van der Waals surface area contributed by atoms with Crippen molar-refractivity contribution >= 4 is 12.0 Å². The lowest BCUT2D eigenvalue weighted by molar-refractivity contribution is -0.168. The molecule has 1 aliphatic carbocycles. The van der Waals surface area contributed by atoms with E-state index in [1.54, 1.807) is 13.2 Å². The van der Waals surface area contributed by atoms with Crippen LogP contribution in [0.2, 0.25) is 0 Å². The number of aliphatic hydroxyl groups is 1. The van der Waals surface area contributed by atoms with Crippen molar-refractivity contribution in [2.24, 2.45) is 11.8 Å². The van der Waals surface area contributed by atoms with E-state index in [0.717, 1.165) is 24.3 Å². The normalized spacial score (nSPS) is 27.2. The van der Waals surface area contributed by atoms with E-state index < -0.39 is 18.2 Å². The summed E-state index contributed by atoms with van der Waals surface area (Å²) in [5, 5.41) is 10.9. The first-order chi connectivity index (χ1) is 17.1. The van der Waals surface area contributed by atoms with Crippen LogP contribution in [0, 0.1) is 11.8 Å². The molecule has 0 aromatic heterocycles. The fourth-order valence-electron chi connectivity index (χ4n) is 5.06. The smallest absolute Gasteiger partial charge is 0.331 e. The quantitative estimate of drug-likeness (QED) is 0.200. The molecule has 2 aliphatic rings. The van der Waals surface area contributed by atoms with Gasteiger partial charge in [-0.15, -0.1) is 0 Å². The number of benzene rings is 1. The Kier molecular flexibility index (Phi) is 10.1. The van der Waals surface area contributed by atoms with Crippen LogP contribution in [0.1, 0.15) is 45.6 Å². The predicted octanol–water partition coefficient (Wildman–Crippen LogP) is 4.10. The number of ether oxygens (including phenoxy) is 4. The summed E-state index contributed by atoms with van der Waals surface area (Å²) in [5.41, 5.74) is 1.77. The minimum absolute atomic E-state index is 0.0568. The van der Waals surface area contributed by atoms with Crippen LogP contribution in [0.15, 0.2) is 42.0 Å². The summed E-state index contributed by atoms with van der Waals surface area (Å²) in [6.45, 7) is 8.22. The fraction of sp³-hybridized carbons (Fsp3) is 0.621. The SMILES string of the molecule is COC1C(OC(=O)C=Cc2ccc(OCCN(C)C)cc2)CCC2(CO2)C1C(C)C(O)CC=C(C)C. The van der Waals surface area contributed by atoms with Crippen LogP contribution in [0.4, 0.5) is 0 Å². The number of likely N-dealkylation sites (N-methyl/N-ethyl adjacent to an activating group) is 1. The van der Waals surface area contributed by atoms with Gasteiger partial charge in [-0.2, -0.15) is 0 Å². The third-order valence-corrected chi connectivity index (χ3v) is 7.27. The van der Waals surface area contributed by atoms with E-state index in [1.165, 1.54) is 11.6 Å². The Bertz CT molecular complexity index is 901. The average Bonchev–Trinajstić information content (AvgIpc) is 3.62. The topological polar surface area (TPSA) is 80.8 Å². The number of nitrogens with zero attached hydrogens (tertiary/aromatic N) is 1. The van der Waals surface area contributed by atoms with E-state index in [0.29, 0.717) is 26.1 Å². The van der Waals surface area contributed by atoms with E-state index in [9.17, 15) is 9.90 Å². The number of carbonyl (C=O) groups excluding carboxylic acids is 1. The molecule has 1 aromatic carbocycles. The first kappa shape index (κ1) is 28.4. The van der Waals surface area contributed by atoms with Crippen LogP contribution >= 0.6 is 0 Å². The molecule has 36 heavy (non-hydrogen) atoms. The zero-order valence-electron chi connectivity index (χ0n) is 22.6. The van der Waals surface area contributed by atoms with Crippen molar-refractivity contribution < 1.29 is 28.8 Å². The molecular weight excluding hydrogens is 458 g/mol. The van der Waals surface area contributed by atoms with Crippen molar-refractivity contribution in [1.29, 1.82) is 0 Å². The number of hydrogen-bond acceptors (Lipinski definition) is 7. The summed E-state index contributed by atoms with van der Waals surface area (Å²) in [5.74, 6) is 0.268. The highest BCUT2D eigenvalue weighted by Gasteiger charge is 2.61. The lowest BCUT2D eigenvalue weighted by atomic mass is 9.68. The maximum absolute atomic E-state index is 12.7. The molecule has 0 radical (unpaired) electrons. The maximum Gasteiger partial charge on any atom is 0.331 e. The second-order valence-corrected chi connectivity index (χ2v) is 10.6. The summed E-state index contributed by atoms with van der Waals surface area (Å²) in [4.78, 5) is 14.8. The number of carbonyl (C=O) groups is 1. The number of rotatable bonds is 12. The fourth-order valence-corrected chi connectivity index (χ4v) is 5.06.